The molecule has 0 heterocycles. The number of nitrogens with two attached hydrogens (primary N) is 1. The summed E-state index contributed by atoms with van der Waals surface area (Å²) in [6.07, 6.45) is 0.0613. The van der Waals surface area contributed by atoms with Gasteiger partial charge in [0, 0.05) is 12.8 Å². The lowest BCUT2D eigenvalue weighted by molar-refractivity contribution is 0.125. The molecule has 0 aromatic heterocycles. The fourth-order valence-corrected chi connectivity index (χ4v) is 1.16. The Kier molecular flexibility index (Phi) is 5.29. The lowest BCUT2D eigenvalue weighted by atomic mass is 10.3. The van der Waals surface area contributed by atoms with E-state index < -0.39 is 0 Å². The zero-order valence-electron chi connectivity index (χ0n) is 10.4. The van der Waals surface area contributed by atoms with Crippen LogP contribution in [0.1, 0.15) is 6.92 Å². The number of guanidine groups is 1. The third-order valence-corrected chi connectivity index (χ3v) is 2.28. The van der Waals surface area contributed by atoms with Crippen LogP contribution >= 0.6 is 0 Å². The summed E-state index contributed by atoms with van der Waals surface area (Å²) in [5, 5.41) is 2.99. The van der Waals surface area contributed by atoms with Crippen molar-refractivity contribution in [2.24, 2.45) is 10.7 Å². The van der Waals surface area contributed by atoms with Crippen LogP contribution in [0.3, 0.4) is 0 Å². The van der Waals surface area contributed by atoms with E-state index in [1.54, 1.807) is 14.2 Å². The van der Waals surface area contributed by atoms with Gasteiger partial charge in [0.15, 0.2) is 5.96 Å². The quantitative estimate of drug-likeness (QED) is 0.601. The molecule has 1 aromatic carbocycles. The summed E-state index contributed by atoms with van der Waals surface area (Å²) < 4.78 is 10.1. The minimum absolute atomic E-state index is 0.0613. The van der Waals surface area contributed by atoms with Crippen LogP contribution in [0.2, 0.25) is 0 Å². The summed E-state index contributed by atoms with van der Waals surface area (Å²) >= 11 is 0. The lowest BCUT2D eigenvalue weighted by Gasteiger charge is -2.08. The van der Waals surface area contributed by atoms with Crippen molar-refractivity contribution < 1.29 is 9.47 Å². The molecule has 0 unspecified atom stereocenters. The first-order valence-electron chi connectivity index (χ1n) is 5.39. The van der Waals surface area contributed by atoms with Gasteiger partial charge in [-0.1, -0.05) is 0 Å². The predicted molar refractivity (Wildman–Crippen MR) is 69.6 cm³/mol. The van der Waals surface area contributed by atoms with Crippen molar-refractivity contribution in [1.29, 1.82) is 0 Å². The lowest BCUT2D eigenvalue weighted by Crippen LogP contribution is -2.24. The molecule has 0 aliphatic rings. The Morgan fingerprint density at radius 2 is 2.00 bits per heavy atom. The van der Waals surface area contributed by atoms with Crippen molar-refractivity contribution in [3.8, 4) is 5.75 Å². The van der Waals surface area contributed by atoms with Gasteiger partial charge in [-0.25, -0.2) is 0 Å². The predicted octanol–water partition coefficient (Wildman–Crippen LogP) is 1.46. The zero-order valence-corrected chi connectivity index (χ0v) is 10.4. The van der Waals surface area contributed by atoms with Gasteiger partial charge in [-0.3, -0.25) is 4.99 Å². The van der Waals surface area contributed by atoms with E-state index in [-0.39, 0.29) is 6.10 Å². The molecular formula is C12H19N3O2. The highest BCUT2D eigenvalue weighted by atomic mass is 16.5. The van der Waals surface area contributed by atoms with E-state index in [0.29, 0.717) is 12.5 Å². The maximum absolute atomic E-state index is 5.73. The second kappa shape index (κ2) is 6.75. The zero-order chi connectivity index (χ0) is 12.7. The summed E-state index contributed by atoms with van der Waals surface area (Å²) in [4.78, 5) is 4.16. The SMILES string of the molecule is COc1ccc(NC(N)=NC[C@H](C)OC)cc1. The van der Waals surface area contributed by atoms with Gasteiger partial charge >= 0.3 is 0 Å². The molecule has 0 spiro atoms. The van der Waals surface area contributed by atoms with Crippen LogP contribution in [-0.2, 0) is 4.74 Å². The number of anilines is 1. The normalized spacial score (nSPS) is 13.2. The highest BCUT2D eigenvalue weighted by molar-refractivity contribution is 5.92. The molecule has 1 rings (SSSR count). The Morgan fingerprint density at radius 3 is 2.53 bits per heavy atom. The molecule has 0 aliphatic carbocycles. The summed E-state index contributed by atoms with van der Waals surface area (Å²) in [6, 6.07) is 7.46. The molecular weight excluding hydrogens is 218 g/mol. The molecule has 5 nitrogen and oxygen atoms in total. The molecule has 17 heavy (non-hydrogen) atoms. The first-order chi connectivity index (χ1) is 8.15. The summed E-state index contributed by atoms with van der Waals surface area (Å²) in [7, 11) is 3.28. The van der Waals surface area contributed by atoms with E-state index in [2.05, 4.69) is 10.3 Å². The minimum atomic E-state index is 0.0613. The molecule has 3 N–H and O–H groups in total. The van der Waals surface area contributed by atoms with E-state index in [9.17, 15) is 0 Å². The fourth-order valence-electron chi connectivity index (χ4n) is 1.16. The monoisotopic (exact) mass is 237 g/mol. The minimum Gasteiger partial charge on any atom is -0.497 e. The van der Waals surface area contributed by atoms with Gasteiger partial charge < -0.3 is 20.5 Å². The number of aliphatic imine (C=N–C) groups is 1. The first-order valence-corrected chi connectivity index (χ1v) is 5.39. The molecule has 0 saturated heterocycles. The van der Waals surface area contributed by atoms with Crippen molar-refractivity contribution in [2.75, 3.05) is 26.1 Å². The number of nitrogens with zero attached hydrogens (tertiary/aromatic N) is 1. The Balaban J connectivity index is 2.52. The maximum atomic E-state index is 5.73. The Labute approximate surface area is 102 Å². The molecule has 1 aromatic rings. The van der Waals surface area contributed by atoms with Crippen LogP contribution in [0.4, 0.5) is 5.69 Å². The number of hydrogen-bond donors (Lipinski definition) is 2. The van der Waals surface area contributed by atoms with Crippen LogP contribution in [-0.4, -0.2) is 32.8 Å². The number of nitrogens with one attached hydrogen (secondary N) is 1. The molecule has 0 aliphatic heterocycles. The number of hydrogen-bond acceptors (Lipinski definition) is 3. The van der Waals surface area contributed by atoms with Gasteiger partial charge in [-0.2, -0.15) is 0 Å². The van der Waals surface area contributed by atoms with Crippen molar-refractivity contribution in [1.82, 2.24) is 0 Å². The van der Waals surface area contributed by atoms with Gasteiger partial charge in [-0.15, -0.1) is 0 Å². The second-order valence-electron chi connectivity index (χ2n) is 3.63. The number of methoxy groups -OCH3 is 2. The number of benzene rings is 1. The van der Waals surface area contributed by atoms with Crippen molar-refractivity contribution >= 4 is 11.6 Å². The average Bonchev–Trinajstić information content (AvgIpc) is 2.36. The number of rotatable bonds is 5. The van der Waals surface area contributed by atoms with Crippen LogP contribution in [0.25, 0.3) is 0 Å². The summed E-state index contributed by atoms with van der Waals surface area (Å²) in [5.74, 6) is 1.18. The molecule has 5 heteroatoms. The van der Waals surface area contributed by atoms with Gasteiger partial charge in [0.05, 0.1) is 19.8 Å². The van der Waals surface area contributed by atoms with E-state index in [1.807, 2.05) is 31.2 Å². The Bertz CT molecular complexity index is 363. The van der Waals surface area contributed by atoms with E-state index in [1.165, 1.54) is 0 Å². The largest absolute Gasteiger partial charge is 0.497 e. The van der Waals surface area contributed by atoms with E-state index >= 15 is 0 Å². The molecule has 1 atom stereocenters. The standard InChI is InChI=1S/C12H19N3O2/c1-9(16-2)8-14-12(13)15-10-4-6-11(17-3)7-5-10/h4-7,9H,8H2,1-3H3,(H3,13,14,15)/t9-/m0/s1. The maximum Gasteiger partial charge on any atom is 0.193 e. The second-order valence-corrected chi connectivity index (χ2v) is 3.63. The third kappa shape index (κ3) is 4.74. The van der Waals surface area contributed by atoms with Crippen LogP contribution in [0.5, 0.6) is 5.75 Å². The number of ether oxygens (including phenoxy) is 2. The molecule has 0 saturated carbocycles. The van der Waals surface area contributed by atoms with Crippen molar-refractivity contribution in [3.63, 3.8) is 0 Å². The topological polar surface area (TPSA) is 68.9 Å². The molecule has 0 bridgehead atoms. The average molecular weight is 237 g/mol. The summed E-state index contributed by atoms with van der Waals surface area (Å²) in [6.45, 7) is 2.47. The smallest absolute Gasteiger partial charge is 0.193 e. The van der Waals surface area contributed by atoms with E-state index in [4.69, 9.17) is 15.2 Å². The van der Waals surface area contributed by atoms with Gasteiger partial charge in [0.25, 0.3) is 0 Å². The van der Waals surface area contributed by atoms with Crippen molar-refractivity contribution in [3.05, 3.63) is 24.3 Å². The highest BCUT2D eigenvalue weighted by Gasteiger charge is 1.99. The third-order valence-electron chi connectivity index (χ3n) is 2.28. The van der Waals surface area contributed by atoms with E-state index in [0.717, 1.165) is 11.4 Å². The fraction of sp³-hybridized carbons (Fsp3) is 0.417. The van der Waals surface area contributed by atoms with Gasteiger partial charge in [-0.05, 0) is 31.2 Å². The van der Waals surface area contributed by atoms with Gasteiger partial charge in [0.1, 0.15) is 5.75 Å². The Hall–Kier alpha value is -1.75. The summed E-state index contributed by atoms with van der Waals surface area (Å²) in [5.41, 5.74) is 6.60. The Morgan fingerprint density at radius 1 is 1.35 bits per heavy atom. The van der Waals surface area contributed by atoms with Gasteiger partial charge in [0.2, 0.25) is 0 Å². The van der Waals surface area contributed by atoms with Crippen LogP contribution < -0.4 is 15.8 Å². The van der Waals surface area contributed by atoms with Crippen molar-refractivity contribution in [2.45, 2.75) is 13.0 Å². The first kappa shape index (κ1) is 13.3. The molecule has 94 valence electrons. The van der Waals surface area contributed by atoms with Crippen LogP contribution in [0, 0.1) is 0 Å². The molecule has 0 radical (unpaired) electrons. The molecule has 0 fully saturated rings. The highest BCUT2D eigenvalue weighted by Crippen LogP contribution is 2.14. The molecule has 0 amide bonds. The van der Waals surface area contributed by atoms with Crippen LogP contribution in [0.15, 0.2) is 29.3 Å².